The lowest BCUT2D eigenvalue weighted by Gasteiger charge is -2.19. The Morgan fingerprint density at radius 3 is 2.60 bits per heavy atom. The first-order valence-electron chi connectivity index (χ1n) is 6.69. The molecule has 0 bridgehead atoms. The first-order valence-corrected chi connectivity index (χ1v) is 6.69. The molecule has 2 rings (SSSR count). The average molecular weight is 276 g/mol. The number of benzene rings is 1. The SMILES string of the molecule is CC(C)(C)C(=O)NCC1CN(c2ccccc2)C(=O)O1. The van der Waals surface area contributed by atoms with Crippen molar-refractivity contribution in [2.75, 3.05) is 18.0 Å². The Kier molecular flexibility index (Phi) is 3.97. The Hall–Kier alpha value is -2.04. The molecule has 2 amide bonds. The summed E-state index contributed by atoms with van der Waals surface area (Å²) in [6.45, 7) is 6.33. The zero-order valence-corrected chi connectivity index (χ0v) is 12.1. The summed E-state index contributed by atoms with van der Waals surface area (Å²) in [4.78, 5) is 25.2. The molecule has 0 aliphatic carbocycles. The van der Waals surface area contributed by atoms with Crippen LogP contribution in [0, 0.1) is 5.41 Å². The molecule has 1 aromatic carbocycles. The van der Waals surface area contributed by atoms with Gasteiger partial charge in [0.25, 0.3) is 0 Å². The Balaban J connectivity index is 1.92. The van der Waals surface area contributed by atoms with Gasteiger partial charge < -0.3 is 10.1 Å². The summed E-state index contributed by atoms with van der Waals surface area (Å²) in [5, 5.41) is 2.81. The van der Waals surface area contributed by atoms with Gasteiger partial charge in [-0.2, -0.15) is 0 Å². The fourth-order valence-corrected chi connectivity index (χ4v) is 1.92. The maximum Gasteiger partial charge on any atom is 0.414 e. The van der Waals surface area contributed by atoms with Gasteiger partial charge in [-0.3, -0.25) is 9.69 Å². The minimum Gasteiger partial charge on any atom is -0.442 e. The molecule has 1 fully saturated rings. The highest BCUT2D eigenvalue weighted by Gasteiger charge is 2.33. The summed E-state index contributed by atoms with van der Waals surface area (Å²) in [6.07, 6.45) is -0.680. The highest BCUT2D eigenvalue weighted by molar-refractivity contribution is 5.89. The molecule has 1 aromatic rings. The van der Waals surface area contributed by atoms with E-state index in [1.54, 1.807) is 4.90 Å². The number of nitrogens with one attached hydrogen (secondary N) is 1. The number of ether oxygens (including phenoxy) is 1. The lowest BCUT2D eigenvalue weighted by molar-refractivity contribution is -0.128. The van der Waals surface area contributed by atoms with Crippen LogP contribution in [-0.4, -0.2) is 31.2 Å². The van der Waals surface area contributed by atoms with Crippen LogP contribution in [0.4, 0.5) is 10.5 Å². The molecule has 1 unspecified atom stereocenters. The molecule has 1 saturated heterocycles. The van der Waals surface area contributed by atoms with Crippen LogP contribution in [0.3, 0.4) is 0 Å². The van der Waals surface area contributed by atoms with E-state index in [2.05, 4.69) is 5.32 Å². The number of para-hydroxylation sites is 1. The van der Waals surface area contributed by atoms with Crippen molar-refractivity contribution >= 4 is 17.7 Å². The normalized spacial score (nSPS) is 18.9. The molecule has 1 atom stereocenters. The van der Waals surface area contributed by atoms with Gasteiger partial charge in [0.2, 0.25) is 5.91 Å². The molecule has 20 heavy (non-hydrogen) atoms. The molecule has 1 aliphatic heterocycles. The van der Waals surface area contributed by atoms with Crippen LogP contribution in [0.25, 0.3) is 0 Å². The van der Waals surface area contributed by atoms with Crippen LogP contribution in [0.2, 0.25) is 0 Å². The number of nitrogens with zero attached hydrogens (tertiary/aromatic N) is 1. The Morgan fingerprint density at radius 1 is 1.35 bits per heavy atom. The zero-order chi connectivity index (χ0) is 14.8. The van der Waals surface area contributed by atoms with Crippen LogP contribution in [0.15, 0.2) is 30.3 Å². The molecule has 5 nitrogen and oxygen atoms in total. The molecule has 5 heteroatoms. The van der Waals surface area contributed by atoms with E-state index in [9.17, 15) is 9.59 Å². The number of rotatable bonds is 3. The second-order valence-corrected chi connectivity index (χ2v) is 5.91. The van der Waals surface area contributed by atoms with E-state index in [-0.39, 0.29) is 18.1 Å². The van der Waals surface area contributed by atoms with E-state index < -0.39 is 5.41 Å². The maximum atomic E-state index is 11.8. The lowest BCUT2D eigenvalue weighted by Crippen LogP contribution is -2.40. The number of carbonyl (C=O) groups excluding carboxylic acids is 2. The van der Waals surface area contributed by atoms with Gasteiger partial charge in [0, 0.05) is 11.1 Å². The monoisotopic (exact) mass is 276 g/mol. The van der Waals surface area contributed by atoms with Crippen LogP contribution >= 0.6 is 0 Å². The second-order valence-electron chi connectivity index (χ2n) is 5.91. The standard InChI is InChI=1S/C15H20N2O3/c1-15(2,3)13(18)16-9-12-10-17(14(19)20-12)11-7-5-4-6-8-11/h4-8,12H,9-10H2,1-3H3,(H,16,18). The first-order chi connectivity index (χ1) is 9.38. The van der Waals surface area contributed by atoms with Gasteiger partial charge in [0.1, 0.15) is 6.10 Å². The van der Waals surface area contributed by atoms with E-state index in [1.807, 2.05) is 51.1 Å². The van der Waals surface area contributed by atoms with Crippen molar-refractivity contribution in [3.63, 3.8) is 0 Å². The summed E-state index contributed by atoms with van der Waals surface area (Å²) < 4.78 is 5.26. The summed E-state index contributed by atoms with van der Waals surface area (Å²) in [6, 6.07) is 9.36. The highest BCUT2D eigenvalue weighted by atomic mass is 16.6. The Morgan fingerprint density at radius 2 is 2.00 bits per heavy atom. The predicted molar refractivity (Wildman–Crippen MR) is 76.5 cm³/mol. The minimum absolute atomic E-state index is 0.0493. The second kappa shape index (κ2) is 5.53. The zero-order valence-electron chi connectivity index (χ0n) is 12.1. The van der Waals surface area contributed by atoms with E-state index in [4.69, 9.17) is 4.74 Å². The third-order valence-corrected chi connectivity index (χ3v) is 3.11. The third kappa shape index (κ3) is 3.29. The topological polar surface area (TPSA) is 58.6 Å². The Labute approximate surface area is 118 Å². The van der Waals surface area contributed by atoms with Crippen LogP contribution in [0.5, 0.6) is 0 Å². The number of amides is 2. The number of cyclic esters (lactones) is 1. The molecular formula is C15H20N2O3. The van der Waals surface area contributed by atoms with E-state index in [0.717, 1.165) is 5.69 Å². The highest BCUT2D eigenvalue weighted by Crippen LogP contribution is 2.21. The molecule has 1 aliphatic rings. The van der Waals surface area contributed by atoms with Crippen molar-refractivity contribution in [2.24, 2.45) is 5.41 Å². The smallest absolute Gasteiger partial charge is 0.414 e. The number of anilines is 1. The van der Waals surface area contributed by atoms with Gasteiger partial charge in [0.05, 0.1) is 13.1 Å². The van der Waals surface area contributed by atoms with Crippen LogP contribution < -0.4 is 10.2 Å². The number of hydrogen-bond donors (Lipinski definition) is 1. The number of hydrogen-bond acceptors (Lipinski definition) is 3. The van der Waals surface area contributed by atoms with Crippen molar-refractivity contribution in [1.29, 1.82) is 0 Å². The molecule has 0 aromatic heterocycles. The Bertz CT molecular complexity index is 494. The minimum atomic E-state index is -0.443. The molecular weight excluding hydrogens is 256 g/mol. The number of carbonyl (C=O) groups is 2. The van der Waals surface area contributed by atoms with Gasteiger partial charge >= 0.3 is 6.09 Å². The third-order valence-electron chi connectivity index (χ3n) is 3.11. The van der Waals surface area contributed by atoms with E-state index in [0.29, 0.717) is 13.1 Å². The van der Waals surface area contributed by atoms with E-state index in [1.165, 1.54) is 0 Å². The molecule has 0 spiro atoms. The van der Waals surface area contributed by atoms with Crippen molar-refractivity contribution in [1.82, 2.24) is 5.32 Å². The summed E-state index contributed by atoms with van der Waals surface area (Å²) in [7, 11) is 0. The van der Waals surface area contributed by atoms with Gasteiger partial charge in [-0.1, -0.05) is 39.0 Å². The fraction of sp³-hybridized carbons (Fsp3) is 0.467. The molecule has 0 radical (unpaired) electrons. The van der Waals surface area contributed by atoms with Crippen molar-refractivity contribution in [2.45, 2.75) is 26.9 Å². The van der Waals surface area contributed by atoms with Gasteiger partial charge in [-0.05, 0) is 12.1 Å². The molecule has 1 N–H and O–H groups in total. The summed E-state index contributed by atoms with van der Waals surface area (Å²) in [5.74, 6) is -0.0493. The summed E-state index contributed by atoms with van der Waals surface area (Å²) in [5.41, 5.74) is 0.365. The van der Waals surface area contributed by atoms with Gasteiger partial charge in [-0.25, -0.2) is 4.79 Å². The quantitative estimate of drug-likeness (QED) is 0.920. The first kappa shape index (κ1) is 14.4. The molecule has 108 valence electrons. The summed E-state index contributed by atoms with van der Waals surface area (Å²) >= 11 is 0. The predicted octanol–water partition coefficient (Wildman–Crippen LogP) is 2.17. The molecule has 1 heterocycles. The van der Waals surface area contributed by atoms with Gasteiger partial charge in [-0.15, -0.1) is 0 Å². The van der Waals surface area contributed by atoms with E-state index >= 15 is 0 Å². The maximum absolute atomic E-state index is 11.8. The van der Waals surface area contributed by atoms with Crippen LogP contribution in [0.1, 0.15) is 20.8 Å². The largest absolute Gasteiger partial charge is 0.442 e. The molecule has 0 saturated carbocycles. The van der Waals surface area contributed by atoms with Gasteiger partial charge in [0.15, 0.2) is 0 Å². The van der Waals surface area contributed by atoms with Crippen molar-refractivity contribution in [3.05, 3.63) is 30.3 Å². The van der Waals surface area contributed by atoms with Crippen LogP contribution in [-0.2, 0) is 9.53 Å². The fourth-order valence-electron chi connectivity index (χ4n) is 1.92. The lowest BCUT2D eigenvalue weighted by atomic mass is 9.96. The average Bonchev–Trinajstić information content (AvgIpc) is 2.77. The van der Waals surface area contributed by atoms with Crippen molar-refractivity contribution < 1.29 is 14.3 Å². The van der Waals surface area contributed by atoms with Crippen molar-refractivity contribution in [3.8, 4) is 0 Å².